The summed E-state index contributed by atoms with van der Waals surface area (Å²) in [6.07, 6.45) is 30.5. The van der Waals surface area contributed by atoms with E-state index in [1.165, 1.54) is 19.3 Å². The lowest BCUT2D eigenvalue weighted by Crippen LogP contribution is -2.66. The lowest BCUT2D eigenvalue weighted by atomic mass is 9.96. The van der Waals surface area contributed by atoms with E-state index < -0.39 is 131 Å². The van der Waals surface area contributed by atoms with Gasteiger partial charge in [-0.2, -0.15) is 0 Å². The quantitative estimate of drug-likeness (QED) is 0.0286. The van der Waals surface area contributed by atoms with Crippen molar-refractivity contribution in [3.8, 4) is 0 Å². The molecule has 19 heteroatoms. The third-order valence-corrected chi connectivity index (χ3v) is 13.7. The number of unbranched alkanes of at least 4 members (excludes halogenated alkanes) is 6. The van der Waals surface area contributed by atoms with Crippen LogP contribution in [0.15, 0.2) is 122 Å². The zero-order valence-corrected chi connectivity index (χ0v) is 47.7. The first-order valence-corrected chi connectivity index (χ1v) is 29.3. The fourth-order valence-corrected chi connectivity index (χ4v) is 8.91. The van der Waals surface area contributed by atoms with Crippen LogP contribution in [-0.4, -0.2) is 193 Å². The molecule has 0 aromatic carbocycles. The van der Waals surface area contributed by atoms with Gasteiger partial charge in [0.1, 0.15) is 73.2 Å². The number of aliphatic hydroxyl groups excluding tert-OH is 11. The predicted molar refractivity (Wildman–Crippen MR) is 309 cm³/mol. The van der Waals surface area contributed by atoms with E-state index in [1.807, 2.05) is 12.2 Å². The monoisotopic (exact) mass is 1150 g/mol. The van der Waals surface area contributed by atoms with Gasteiger partial charge in [0.25, 0.3) is 0 Å². The number of carbonyl (C=O) groups is 1. The minimum Gasteiger partial charge on any atom is -0.394 e. The van der Waals surface area contributed by atoms with E-state index >= 15 is 0 Å². The van der Waals surface area contributed by atoms with Gasteiger partial charge in [-0.3, -0.25) is 4.79 Å². The van der Waals surface area contributed by atoms with Crippen LogP contribution in [0.3, 0.4) is 0 Å². The number of rotatable bonds is 40. The first-order chi connectivity index (χ1) is 39.3. The van der Waals surface area contributed by atoms with Crippen molar-refractivity contribution in [3.63, 3.8) is 0 Å². The number of allylic oxidation sites excluding steroid dienone is 19. The van der Waals surface area contributed by atoms with Crippen LogP contribution in [-0.2, 0) is 33.2 Å². The van der Waals surface area contributed by atoms with Gasteiger partial charge >= 0.3 is 0 Å². The Balaban J connectivity index is 1.53. The highest BCUT2D eigenvalue weighted by Crippen LogP contribution is 2.33. The van der Waals surface area contributed by atoms with Crippen molar-refractivity contribution in [2.45, 2.75) is 234 Å². The molecule has 3 fully saturated rings. The van der Waals surface area contributed by atoms with Crippen molar-refractivity contribution in [1.29, 1.82) is 0 Å². The molecule has 0 aromatic rings. The molecule has 3 aliphatic rings. The second kappa shape index (κ2) is 43.8. The molecule has 1 amide bonds. The zero-order chi connectivity index (χ0) is 59.0. The molecule has 460 valence electrons. The van der Waals surface area contributed by atoms with E-state index in [9.17, 15) is 61.0 Å². The maximum absolute atomic E-state index is 13.3. The molecule has 0 aromatic heterocycles. The van der Waals surface area contributed by atoms with Gasteiger partial charge in [-0.15, -0.1) is 0 Å². The molecular formula is C62H99NO18. The van der Waals surface area contributed by atoms with Crippen LogP contribution in [0.4, 0.5) is 0 Å². The molecule has 17 atom stereocenters. The maximum atomic E-state index is 13.3. The Kier molecular flexibility index (Phi) is 38.6. The van der Waals surface area contributed by atoms with Gasteiger partial charge in [0.2, 0.25) is 5.91 Å². The third kappa shape index (κ3) is 27.6. The van der Waals surface area contributed by atoms with Gasteiger partial charge in [-0.05, 0) is 96.3 Å². The molecule has 12 N–H and O–H groups in total. The SMILES string of the molecule is CC/C=C\C/C=C\C/C=C\C/C=C\C/C=C\C/C=C\C/C=C\CCCC(=O)NC(COC1OC(CO)C(OC2OC(CO)C(OC3OC(CO)C(O)C(O)C3O)C(O)C2O)C(O)C1O)C(O)/C=C/CC/C=C/CC/C=C/CCCCC. The fraction of sp³-hybridized carbons (Fsp3) is 0.661. The summed E-state index contributed by atoms with van der Waals surface area (Å²) >= 11 is 0. The summed E-state index contributed by atoms with van der Waals surface area (Å²) in [5.41, 5.74) is 0. The Bertz CT molecular complexity index is 1950. The van der Waals surface area contributed by atoms with E-state index in [1.54, 1.807) is 12.2 Å². The molecule has 17 unspecified atom stereocenters. The molecule has 19 nitrogen and oxygen atoms in total. The summed E-state index contributed by atoms with van der Waals surface area (Å²) in [5.74, 6) is -0.356. The fourth-order valence-electron chi connectivity index (χ4n) is 8.91. The van der Waals surface area contributed by atoms with Gasteiger partial charge in [0.15, 0.2) is 18.9 Å². The highest BCUT2D eigenvalue weighted by molar-refractivity contribution is 5.76. The molecule has 0 radical (unpaired) electrons. The Labute approximate surface area is 480 Å². The van der Waals surface area contributed by atoms with Gasteiger partial charge in [0, 0.05) is 6.42 Å². The van der Waals surface area contributed by atoms with Crippen LogP contribution >= 0.6 is 0 Å². The highest BCUT2D eigenvalue weighted by atomic mass is 16.8. The lowest BCUT2D eigenvalue weighted by molar-refractivity contribution is -0.379. The molecule has 0 saturated carbocycles. The minimum atomic E-state index is -1.99. The van der Waals surface area contributed by atoms with E-state index in [4.69, 9.17) is 28.4 Å². The molecule has 81 heavy (non-hydrogen) atoms. The van der Waals surface area contributed by atoms with Crippen molar-refractivity contribution in [1.82, 2.24) is 5.32 Å². The minimum absolute atomic E-state index is 0.143. The third-order valence-electron chi connectivity index (χ3n) is 13.7. The lowest BCUT2D eigenvalue weighted by Gasteiger charge is -2.48. The number of carbonyl (C=O) groups excluding carboxylic acids is 1. The average molecular weight is 1150 g/mol. The maximum Gasteiger partial charge on any atom is 0.220 e. The topological polar surface area (TPSA) is 307 Å². The number of amides is 1. The van der Waals surface area contributed by atoms with Crippen LogP contribution in [0, 0.1) is 0 Å². The van der Waals surface area contributed by atoms with Gasteiger partial charge < -0.3 is 89.9 Å². The Morgan fingerprint density at radius 3 is 1.33 bits per heavy atom. The largest absolute Gasteiger partial charge is 0.394 e. The summed E-state index contributed by atoms with van der Waals surface area (Å²) in [7, 11) is 0. The summed E-state index contributed by atoms with van der Waals surface area (Å²) in [4.78, 5) is 13.3. The van der Waals surface area contributed by atoms with Crippen molar-refractivity contribution in [2.75, 3.05) is 26.4 Å². The number of aliphatic hydroxyl groups is 11. The van der Waals surface area contributed by atoms with Crippen LogP contribution in [0.2, 0.25) is 0 Å². The second-order valence-corrected chi connectivity index (χ2v) is 20.3. The average Bonchev–Trinajstić information content (AvgIpc) is 3.57. The predicted octanol–water partition coefficient (Wildman–Crippen LogP) is 4.92. The van der Waals surface area contributed by atoms with Gasteiger partial charge in [-0.1, -0.05) is 148 Å². The molecule has 3 saturated heterocycles. The van der Waals surface area contributed by atoms with E-state index in [-0.39, 0.29) is 12.3 Å². The number of ether oxygens (including phenoxy) is 6. The molecule has 3 aliphatic heterocycles. The highest BCUT2D eigenvalue weighted by Gasteiger charge is 2.53. The molecule has 0 aliphatic carbocycles. The summed E-state index contributed by atoms with van der Waals surface area (Å²) in [5, 5.41) is 120. The molecule has 3 heterocycles. The zero-order valence-electron chi connectivity index (χ0n) is 47.7. The molecule has 0 bridgehead atoms. The first kappa shape index (κ1) is 71.5. The molecule has 0 spiro atoms. The van der Waals surface area contributed by atoms with Gasteiger partial charge in [0.05, 0.1) is 38.6 Å². The smallest absolute Gasteiger partial charge is 0.220 e. The van der Waals surface area contributed by atoms with Gasteiger partial charge in [-0.25, -0.2) is 0 Å². The normalized spacial score (nSPS) is 30.7. The van der Waals surface area contributed by atoms with E-state index in [0.717, 1.165) is 70.6 Å². The Morgan fingerprint density at radius 2 is 0.852 bits per heavy atom. The first-order valence-electron chi connectivity index (χ1n) is 29.3. The number of hydrogen-bond acceptors (Lipinski definition) is 18. The van der Waals surface area contributed by atoms with Crippen LogP contribution in [0.1, 0.15) is 129 Å². The molecule has 3 rings (SSSR count). The van der Waals surface area contributed by atoms with Crippen molar-refractivity contribution in [2.24, 2.45) is 0 Å². The van der Waals surface area contributed by atoms with Crippen molar-refractivity contribution in [3.05, 3.63) is 122 Å². The standard InChI is InChI=1S/C62H99NO18/c1-3-5-7-9-11-13-15-17-18-19-20-21-22-23-24-25-26-28-30-32-34-36-38-40-50(68)63-45(46(67)39-37-35-33-31-29-27-16-14-12-10-8-6-4-2)44-76-60-56(74)53(71)58(48(42-65)78-60)81-62-57(75)54(72)59(49(43-66)79-62)80-61-55(73)52(70)51(69)47(41-64)77-61/h5,7,11-14,17-18,20-21,23-24,26,28-29,31-32,34,37,39,45-49,51-62,64-67,69-75H,3-4,6,8-10,15-16,19,22,25,27,30,33,35-36,38,40-44H2,1-2H3,(H,63,68)/b7-5-,13-11-,14-12+,18-17-,21-20-,24-23-,28-26-,31-29+,34-32-,39-37+. The van der Waals surface area contributed by atoms with Crippen LogP contribution in [0.25, 0.3) is 0 Å². The number of nitrogens with one attached hydrogen (secondary N) is 1. The van der Waals surface area contributed by atoms with Crippen molar-refractivity contribution >= 4 is 5.91 Å². The Morgan fingerprint density at radius 1 is 0.457 bits per heavy atom. The summed E-state index contributed by atoms with van der Waals surface area (Å²) in [6.45, 7) is 1.45. The van der Waals surface area contributed by atoms with E-state index in [2.05, 4.69) is 116 Å². The van der Waals surface area contributed by atoms with Crippen LogP contribution < -0.4 is 5.32 Å². The second-order valence-electron chi connectivity index (χ2n) is 20.3. The Hall–Kier alpha value is -3.81. The van der Waals surface area contributed by atoms with E-state index in [0.29, 0.717) is 19.3 Å². The van der Waals surface area contributed by atoms with Crippen LogP contribution in [0.5, 0.6) is 0 Å². The summed E-state index contributed by atoms with van der Waals surface area (Å²) in [6, 6.07) is -1.03. The van der Waals surface area contributed by atoms with Crippen molar-refractivity contribution < 1.29 is 89.4 Å². The number of hydrogen-bond donors (Lipinski definition) is 12. The molecular weight excluding hydrogens is 1050 g/mol. The summed E-state index contributed by atoms with van der Waals surface area (Å²) < 4.78 is 34.1.